The van der Waals surface area contributed by atoms with E-state index in [4.69, 9.17) is 10.7 Å². The van der Waals surface area contributed by atoms with E-state index >= 15 is 0 Å². The number of nitrogens with zero attached hydrogens (tertiary/aromatic N) is 4. The molecule has 2 aliphatic carbocycles. The Hall–Kier alpha value is -3.46. The highest BCUT2D eigenvalue weighted by atomic mass is 16.3. The van der Waals surface area contributed by atoms with Crippen molar-refractivity contribution < 1.29 is 14.7 Å². The number of hydrogen-bond acceptors (Lipinski definition) is 6. The summed E-state index contributed by atoms with van der Waals surface area (Å²) in [5.41, 5.74) is 11.1. The number of aryl methyl sites for hydroxylation is 1. The molecule has 2 amide bonds. The predicted molar refractivity (Wildman–Crippen MR) is 131 cm³/mol. The number of nitrogen functional groups attached to an aromatic ring is 1. The molecule has 1 atom stereocenters. The minimum atomic E-state index is -0.316. The SMILES string of the molecule is Cc1cc(-c2ccn3nc(N)c(C(=O)NC[C@H]4C[C@H](O)C4)c3n2)cc2c1C(=O)N([C@@H](C)C1CC1)C2. The Balaban J connectivity index is 1.30. The third-order valence-corrected chi connectivity index (χ3v) is 7.83. The van der Waals surface area contributed by atoms with Gasteiger partial charge < -0.3 is 21.1 Å². The van der Waals surface area contributed by atoms with Crippen molar-refractivity contribution >= 4 is 23.3 Å². The molecule has 1 aliphatic heterocycles. The van der Waals surface area contributed by atoms with Gasteiger partial charge in [-0.25, -0.2) is 9.50 Å². The molecule has 3 aliphatic rings. The second-order valence-corrected chi connectivity index (χ2v) is 10.4. The maximum absolute atomic E-state index is 13.1. The lowest BCUT2D eigenvalue weighted by atomic mass is 9.82. The Labute approximate surface area is 203 Å². The van der Waals surface area contributed by atoms with Crippen molar-refractivity contribution in [3.8, 4) is 11.3 Å². The van der Waals surface area contributed by atoms with Crippen molar-refractivity contribution in [1.29, 1.82) is 0 Å². The lowest BCUT2D eigenvalue weighted by Gasteiger charge is -2.31. The first kappa shape index (κ1) is 22.0. The van der Waals surface area contributed by atoms with Crippen LogP contribution in [0.3, 0.4) is 0 Å². The molecule has 3 aromatic rings. The highest BCUT2D eigenvalue weighted by molar-refractivity contribution is 6.04. The van der Waals surface area contributed by atoms with Gasteiger partial charge in [0.2, 0.25) is 0 Å². The second kappa shape index (κ2) is 8.05. The van der Waals surface area contributed by atoms with Gasteiger partial charge in [0, 0.05) is 36.5 Å². The zero-order valence-corrected chi connectivity index (χ0v) is 20.0. The average molecular weight is 475 g/mol. The van der Waals surface area contributed by atoms with Crippen LogP contribution in [0, 0.1) is 18.8 Å². The third kappa shape index (κ3) is 3.74. The molecule has 6 rings (SSSR count). The minimum absolute atomic E-state index is 0.119. The highest BCUT2D eigenvalue weighted by Gasteiger charge is 2.39. The fraction of sp³-hybridized carbons (Fsp3) is 0.462. The highest BCUT2D eigenvalue weighted by Crippen LogP contribution is 2.39. The lowest BCUT2D eigenvalue weighted by Crippen LogP contribution is -2.38. The molecule has 2 saturated carbocycles. The number of benzene rings is 1. The topological polar surface area (TPSA) is 126 Å². The number of rotatable bonds is 6. The molecule has 1 aromatic carbocycles. The molecular weight excluding hydrogens is 444 g/mol. The number of carbonyl (C=O) groups excluding carboxylic acids is 2. The molecule has 0 unspecified atom stereocenters. The summed E-state index contributed by atoms with van der Waals surface area (Å²) < 4.78 is 1.52. The standard InChI is InChI=1S/C26H30N6O3/c1-13-7-17(10-18-12-31(26(35)21(13)18)14(2)16-3-4-16)20-5-6-32-24(29-20)22(23(27)30-32)25(34)28-11-15-8-19(33)9-15/h5-7,10,14-16,19,33H,3-4,8-9,11-12H2,1-2H3,(H2,27,30)(H,28,34)/t14-,15-,19-/m0/s1. The molecule has 2 fully saturated rings. The largest absolute Gasteiger partial charge is 0.393 e. The van der Waals surface area contributed by atoms with E-state index in [1.54, 1.807) is 6.20 Å². The zero-order valence-electron chi connectivity index (χ0n) is 20.0. The quantitative estimate of drug-likeness (QED) is 0.504. The summed E-state index contributed by atoms with van der Waals surface area (Å²) >= 11 is 0. The van der Waals surface area contributed by atoms with Crippen LogP contribution in [-0.4, -0.2) is 55.1 Å². The Kier molecular flexibility index (Phi) is 5.07. The number of aromatic nitrogens is 3. The summed E-state index contributed by atoms with van der Waals surface area (Å²) in [5.74, 6) is 0.821. The summed E-state index contributed by atoms with van der Waals surface area (Å²) in [7, 11) is 0. The lowest BCUT2D eigenvalue weighted by molar-refractivity contribution is 0.0420. The fourth-order valence-electron chi connectivity index (χ4n) is 5.52. The first-order chi connectivity index (χ1) is 16.8. The molecule has 0 spiro atoms. The summed E-state index contributed by atoms with van der Waals surface area (Å²) in [6.45, 7) is 5.22. The molecule has 4 N–H and O–H groups in total. The van der Waals surface area contributed by atoms with Gasteiger partial charge >= 0.3 is 0 Å². The predicted octanol–water partition coefficient (Wildman–Crippen LogP) is 2.54. The molecule has 0 saturated heterocycles. The molecule has 2 aromatic heterocycles. The van der Waals surface area contributed by atoms with E-state index < -0.39 is 0 Å². The Morgan fingerprint density at radius 1 is 1.31 bits per heavy atom. The van der Waals surface area contributed by atoms with E-state index in [1.165, 1.54) is 17.4 Å². The van der Waals surface area contributed by atoms with Gasteiger partial charge in [-0.2, -0.15) is 0 Å². The van der Waals surface area contributed by atoms with Gasteiger partial charge in [0.05, 0.1) is 11.8 Å². The van der Waals surface area contributed by atoms with E-state index in [9.17, 15) is 14.7 Å². The molecule has 3 heterocycles. The first-order valence-corrected chi connectivity index (χ1v) is 12.4. The van der Waals surface area contributed by atoms with E-state index in [-0.39, 0.29) is 41.3 Å². The number of aliphatic hydroxyl groups excluding tert-OH is 1. The van der Waals surface area contributed by atoms with Crippen LogP contribution in [0.2, 0.25) is 0 Å². The van der Waals surface area contributed by atoms with Gasteiger partial charge in [-0.3, -0.25) is 9.59 Å². The summed E-state index contributed by atoms with van der Waals surface area (Å²) in [6, 6.07) is 6.13. The molecule has 0 radical (unpaired) electrons. The summed E-state index contributed by atoms with van der Waals surface area (Å²) in [6.07, 6.45) is 5.28. The van der Waals surface area contributed by atoms with Gasteiger partial charge in [-0.1, -0.05) is 0 Å². The smallest absolute Gasteiger partial charge is 0.258 e. The Bertz CT molecular complexity index is 1350. The Morgan fingerprint density at radius 2 is 2.09 bits per heavy atom. The number of nitrogens with two attached hydrogens (primary N) is 1. The number of nitrogens with one attached hydrogen (secondary N) is 1. The monoisotopic (exact) mass is 474 g/mol. The molecular formula is C26H30N6O3. The van der Waals surface area contributed by atoms with Crippen LogP contribution in [0.4, 0.5) is 5.82 Å². The van der Waals surface area contributed by atoms with Gasteiger partial charge in [-0.05, 0) is 80.7 Å². The number of carbonyl (C=O) groups is 2. The van der Waals surface area contributed by atoms with Crippen molar-refractivity contribution in [2.45, 2.75) is 58.2 Å². The van der Waals surface area contributed by atoms with E-state index in [0.29, 0.717) is 43.2 Å². The van der Waals surface area contributed by atoms with Crippen molar-refractivity contribution in [2.24, 2.45) is 11.8 Å². The summed E-state index contributed by atoms with van der Waals surface area (Å²) in [4.78, 5) is 32.8. The first-order valence-electron chi connectivity index (χ1n) is 12.4. The maximum Gasteiger partial charge on any atom is 0.258 e. The number of fused-ring (bicyclic) bond motifs is 2. The fourth-order valence-corrected chi connectivity index (χ4v) is 5.52. The normalized spacial score (nSPS) is 22.3. The summed E-state index contributed by atoms with van der Waals surface area (Å²) in [5, 5.41) is 16.6. The number of amides is 2. The van der Waals surface area contributed by atoms with E-state index in [0.717, 1.165) is 22.3 Å². The van der Waals surface area contributed by atoms with Crippen LogP contribution in [0.15, 0.2) is 24.4 Å². The average Bonchev–Trinajstić information content (AvgIpc) is 3.52. The molecule has 35 heavy (non-hydrogen) atoms. The minimum Gasteiger partial charge on any atom is -0.393 e. The number of aliphatic hydroxyl groups is 1. The van der Waals surface area contributed by atoms with Crippen LogP contribution in [0.1, 0.15) is 64.4 Å². The van der Waals surface area contributed by atoms with Crippen LogP contribution < -0.4 is 11.1 Å². The van der Waals surface area contributed by atoms with Gasteiger partial charge in [-0.15, -0.1) is 5.10 Å². The van der Waals surface area contributed by atoms with Crippen LogP contribution in [0.5, 0.6) is 0 Å². The van der Waals surface area contributed by atoms with Gasteiger partial charge in [0.15, 0.2) is 11.5 Å². The number of hydrogen-bond donors (Lipinski definition) is 3. The molecule has 9 nitrogen and oxygen atoms in total. The van der Waals surface area contributed by atoms with Crippen LogP contribution >= 0.6 is 0 Å². The molecule has 9 heteroatoms. The van der Waals surface area contributed by atoms with E-state index in [2.05, 4.69) is 17.3 Å². The number of anilines is 1. The van der Waals surface area contributed by atoms with Crippen LogP contribution in [0.25, 0.3) is 16.9 Å². The van der Waals surface area contributed by atoms with Gasteiger partial charge in [0.25, 0.3) is 11.8 Å². The molecule has 0 bridgehead atoms. The molecule has 182 valence electrons. The van der Waals surface area contributed by atoms with Crippen molar-refractivity contribution in [3.05, 3.63) is 46.6 Å². The van der Waals surface area contributed by atoms with E-state index in [1.807, 2.05) is 30.0 Å². The third-order valence-electron chi connectivity index (χ3n) is 7.83. The maximum atomic E-state index is 13.1. The van der Waals surface area contributed by atoms with Crippen molar-refractivity contribution in [1.82, 2.24) is 24.8 Å². The van der Waals surface area contributed by atoms with Crippen molar-refractivity contribution in [3.63, 3.8) is 0 Å². The Morgan fingerprint density at radius 3 is 2.80 bits per heavy atom. The van der Waals surface area contributed by atoms with Crippen LogP contribution in [-0.2, 0) is 6.54 Å². The van der Waals surface area contributed by atoms with Crippen molar-refractivity contribution in [2.75, 3.05) is 12.3 Å². The van der Waals surface area contributed by atoms with Gasteiger partial charge in [0.1, 0.15) is 5.56 Å². The zero-order chi connectivity index (χ0) is 24.4. The second-order valence-electron chi connectivity index (χ2n) is 10.4.